The van der Waals surface area contributed by atoms with Gasteiger partial charge >= 0.3 is 0 Å². The van der Waals surface area contributed by atoms with E-state index in [2.05, 4.69) is 19.3 Å². The second kappa shape index (κ2) is 6.70. The first-order chi connectivity index (χ1) is 8.35. The van der Waals surface area contributed by atoms with Gasteiger partial charge in [0.05, 0.1) is 0 Å². The van der Waals surface area contributed by atoms with Crippen molar-refractivity contribution in [2.75, 3.05) is 7.05 Å². The van der Waals surface area contributed by atoms with E-state index in [4.69, 9.17) is 0 Å². The molecule has 0 bridgehead atoms. The zero-order valence-corrected chi connectivity index (χ0v) is 12.8. The maximum Gasteiger partial charge on any atom is 0.125 e. The van der Waals surface area contributed by atoms with Crippen molar-refractivity contribution < 1.29 is 4.79 Å². The summed E-state index contributed by atoms with van der Waals surface area (Å²) in [5.41, 5.74) is -0.139. The van der Waals surface area contributed by atoms with E-state index in [1.54, 1.807) is 0 Å². The van der Waals surface area contributed by atoms with Gasteiger partial charge in [0.25, 0.3) is 0 Å². The average Bonchev–Trinajstić information content (AvgIpc) is 2.71. The molecule has 2 rings (SSSR count). The highest BCUT2D eigenvalue weighted by Crippen LogP contribution is 2.43. The number of aldehydes is 1. The Bertz CT molecular complexity index is 256. The average molecular weight is 253 g/mol. The molecule has 106 valence electrons. The molecule has 0 aromatic heterocycles. The first kappa shape index (κ1) is 15.7. The van der Waals surface area contributed by atoms with Crippen LogP contribution in [0.3, 0.4) is 0 Å². The third-order valence-corrected chi connectivity index (χ3v) is 4.34. The van der Waals surface area contributed by atoms with Crippen molar-refractivity contribution in [1.82, 2.24) is 5.32 Å². The summed E-state index contributed by atoms with van der Waals surface area (Å²) in [5, 5.41) is 3.44. The molecule has 0 amide bonds. The molecule has 2 aliphatic rings. The summed E-state index contributed by atoms with van der Waals surface area (Å²) in [6, 6.07) is 0.838. The molecule has 2 saturated carbocycles. The van der Waals surface area contributed by atoms with Crippen LogP contribution in [0.1, 0.15) is 59.8 Å². The molecule has 4 unspecified atom stereocenters. The summed E-state index contributed by atoms with van der Waals surface area (Å²) in [6.45, 7) is 8.04. The van der Waals surface area contributed by atoms with E-state index in [0.29, 0.717) is 0 Å². The lowest BCUT2D eigenvalue weighted by atomic mass is 9.77. The smallest absolute Gasteiger partial charge is 0.125 e. The first-order valence-electron chi connectivity index (χ1n) is 7.49. The molecule has 2 heteroatoms. The van der Waals surface area contributed by atoms with E-state index >= 15 is 0 Å². The molecule has 18 heavy (non-hydrogen) atoms. The quantitative estimate of drug-likeness (QED) is 0.723. The zero-order chi connectivity index (χ0) is 13.8. The van der Waals surface area contributed by atoms with E-state index in [0.717, 1.165) is 30.1 Å². The highest BCUT2D eigenvalue weighted by molar-refractivity contribution is 5.56. The van der Waals surface area contributed by atoms with Crippen molar-refractivity contribution in [3.05, 3.63) is 0 Å². The van der Waals surface area contributed by atoms with Crippen LogP contribution in [0.15, 0.2) is 0 Å². The van der Waals surface area contributed by atoms with Crippen molar-refractivity contribution >= 4 is 6.29 Å². The third kappa shape index (κ3) is 5.09. The van der Waals surface area contributed by atoms with Crippen molar-refractivity contribution in [2.45, 2.75) is 65.8 Å². The normalized spacial score (nSPS) is 35.4. The molecule has 0 heterocycles. The summed E-state index contributed by atoms with van der Waals surface area (Å²) in [5.74, 6) is 3.13. The molecular weight excluding hydrogens is 222 g/mol. The number of rotatable bonds is 1. The van der Waals surface area contributed by atoms with Crippen LogP contribution < -0.4 is 5.32 Å². The van der Waals surface area contributed by atoms with E-state index in [9.17, 15) is 4.79 Å². The largest absolute Gasteiger partial charge is 0.317 e. The highest BCUT2D eigenvalue weighted by atomic mass is 16.1. The molecule has 0 spiro atoms. The van der Waals surface area contributed by atoms with Crippen LogP contribution in [0.25, 0.3) is 0 Å². The van der Waals surface area contributed by atoms with Gasteiger partial charge in [0.2, 0.25) is 0 Å². The Morgan fingerprint density at radius 3 is 2.11 bits per heavy atom. The Hall–Kier alpha value is -0.370. The first-order valence-corrected chi connectivity index (χ1v) is 7.49. The predicted octanol–water partition coefficient (Wildman–Crippen LogP) is 3.65. The van der Waals surface area contributed by atoms with Gasteiger partial charge in [0.15, 0.2) is 0 Å². The Morgan fingerprint density at radius 2 is 1.61 bits per heavy atom. The SMILES string of the molecule is CC(C)(C)C=O.CNC1CC2CCC(C)CC2C1. The van der Waals surface area contributed by atoms with Gasteiger partial charge in [-0.15, -0.1) is 0 Å². The Kier molecular flexibility index (Phi) is 5.84. The maximum absolute atomic E-state index is 9.83. The molecular formula is C16H31NO. The molecule has 0 radical (unpaired) electrons. The van der Waals surface area contributed by atoms with Crippen LogP contribution in [0.2, 0.25) is 0 Å². The molecule has 2 nitrogen and oxygen atoms in total. The molecule has 2 aliphatic carbocycles. The summed E-state index contributed by atoms with van der Waals surface area (Å²) in [6.07, 6.45) is 8.33. The standard InChI is InChI=1S/C11H21N.C5H10O/c1-8-3-4-9-6-11(12-2)7-10(9)5-8;1-5(2,3)4-6/h8-12H,3-7H2,1-2H3;4H,1-3H3. The van der Waals surface area contributed by atoms with E-state index in [-0.39, 0.29) is 5.41 Å². The minimum absolute atomic E-state index is 0.139. The summed E-state index contributed by atoms with van der Waals surface area (Å²) in [4.78, 5) is 9.83. The highest BCUT2D eigenvalue weighted by Gasteiger charge is 2.36. The summed E-state index contributed by atoms with van der Waals surface area (Å²) >= 11 is 0. The summed E-state index contributed by atoms with van der Waals surface area (Å²) < 4.78 is 0. The Balaban J connectivity index is 0.000000232. The van der Waals surface area contributed by atoms with Gasteiger partial charge in [-0.05, 0) is 50.5 Å². The minimum Gasteiger partial charge on any atom is -0.317 e. The molecule has 0 saturated heterocycles. The van der Waals surface area contributed by atoms with Crippen LogP contribution in [0, 0.1) is 23.2 Å². The Labute approximate surface area is 113 Å². The number of hydrogen-bond donors (Lipinski definition) is 1. The number of hydrogen-bond acceptors (Lipinski definition) is 2. The monoisotopic (exact) mass is 253 g/mol. The lowest BCUT2D eigenvalue weighted by Crippen LogP contribution is -2.21. The van der Waals surface area contributed by atoms with Gasteiger partial charge in [0, 0.05) is 11.5 Å². The van der Waals surface area contributed by atoms with Crippen LogP contribution >= 0.6 is 0 Å². The fourth-order valence-electron chi connectivity index (χ4n) is 3.22. The van der Waals surface area contributed by atoms with Crippen molar-refractivity contribution in [3.8, 4) is 0 Å². The molecule has 4 atom stereocenters. The topological polar surface area (TPSA) is 29.1 Å². The lowest BCUT2D eigenvalue weighted by molar-refractivity contribution is -0.113. The van der Waals surface area contributed by atoms with Gasteiger partial charge in [0.1, 0.15) is 6.29 Å². The van der Waals surface area contributed by atoms with Crippen molar-refractivity contribution in [2.24, 2.45) is 23.2 Å². The minimum atomic E-state index is -0.139. The van der Waals surface area contributed by atoms with Crippen molar-refractivity contribution in [1.29, 1.82) is 0 Å². The van der Waals surface area contributed by atoms with Crippen LogP contribution in [-0.2, 0) is 4.79 Å². The number of carbonyl (C=O) groups is 1. The van der Waals surface area contributed by atoms with Crippen LogP contribution in [0.5, 0.6) is 0 Å². The van der Waals surface area contributed by atoms with E-state index < -0.39 is 0 Å². The maximum atomic E-state index is 9.83. The van der Waals surface area contributed by atoms with E-state index in [1.807, 2.05) is 20.8 Å². The van der Waals surface area contributed by atoms with Crippen LogP contribution in [-0.4, -0.2) is 19.4 Å². The zero-order valence-electron chi connectivity index (χ0n) is 12.8. The van der Waals surface area contributed by atoms with Crippen LogP contribution in [0.4, 0.5) is 0 Å². The Morgan fingerprint density at radius 1 is 1.06 bits per heavy atom. The van der Waals surface area contributed by atoms with Gasteiger partial charge in [-0.3, -0.25) is 0 Å². The van der Waals surface area contributed by atoms with Crippen molar-refractivity contribution in [3.63, 3.8) is 0 Å². The fraction of sp³-hybridized carbons (Fsp3) is 0.938. The molecule has 2 fully saturated rings. The number of nitrogens with one attached hydrogen (secondary N) is 1. The van der Waals surface area contributed by atoms with Gasteiger partial charge < -0.3 is 10.1 Å². The fourth-order valence-corrected chi connectivity index (χ4v) is 3.22. The second-order valence-electron chi connectivity index (χ2n) is 7.38. The van der Waals surface area contributed by atoms with Gasteiger partial charge in [-0.2, -0.15) is 0 Å². The van der Waals surface area contributed by atoms with E-state index in [1.165, 1.54) is 32.1 Å². The second-order valence-corrected chi connectivity index (χ2v) is 7.38. The number of carbonyl (C=O) groups excluding carboxylic acids is 1. The predicted molar refractivity (Wildman–Crippen MR) is 77.6 cm³/mol. The third-order valence-electron chi connectivity index (χ3n) is 4.34. The van der Waals surface area contributed by atoms with Gasteiger partial charge in [-0.1, -0.05) is 34.1 Å². The molecule has 0 aliphatic heterocycles. The molecule has 0 aromatic rings. The number of fused-ring (bicyclic) bond motifs is 1. The lowest BCUT2D eigenvalue weighted by Gasteiger charge is -2.29. The molecule has 0 aromatic carbocycles. The summed E-state index contributed by atoms with van der Waals surface area (Å²) in [7, 11) is 2.12. The van der Waals surface area contributed by atoms with Gasteiger partial charge in [-0.25, -0.2) is 0 Å². The molecule has 1 N–H and O–H groups in total.